The fraction of sp³-hybridized carbons (Fsp3) is 0.647. The number of halogens is 1. The first-order valence-corrected chi connectivity index (χ1v) is 8.78. The van der Waals surface area contributed by atoms with Gasteiger partial charge in [0.1, 0.15) is 0 Å². The first-order chi connectivity index (χ1) is 10.0. The number of nitrogens with zero attached hydrogens (tertiary/aromatic N) is 1. The molecular weight excluding hydrogens is 328 g/mol. The molecule has 2 N–H and O–H groups in total. The van der Waals surface area contributed by atoms with Crippen molar-refractivity contribution in [3.8, 4) is 0 Å². The van der Waals surface area contributed by atoms with Gasteiger partial charge in [0.15, 0.2) is 0 Å². The predicted octanol–water partition coefficient (Wildman–Crippen LogP) is 3.72. The van der Waals surface area contributed by atoms with Crippen LogP contribution >= 0.6 is 15.9 Å². The number of piperidine rings is 1. The zero-order valence-electron chi connectivity index (χ0n) is 13.3. The van der Waals surface area contributed by atoms with E-state index in [1.165, 1.54) is 11.3 Å². The lowest BCUT2D eigenvalue weighted by Crippen LogP contribution is -2.38. The fourth-order valence-electron chi connectivity index (χ4n) is 3.20. The number of hydrogen-bond donors (Lipinski definition) is 2. The van der Waals surface area contributed by atoms with Crippen LogP contribution in [-0.4, -0.2) is 30.8 Å². The van der Waals surface area contributed by atoms with E-state index < -0.39 is 0 Å². The Morgan fingerprint density at radius 1 is 1.33 bits per heavy atom. The average molecular weight is 355 g/mol. The third kappa shape index (κ3) is 4.21. The number of aliphatic hydroxyl groups is 1. The van der Waals surface area contributed by atoms with Gasteiger partial charge in [-0.15, -0.1) is 0 Å². The topological polar surface area (TPSA) is 35.5 Å². The molecule has 0 radical (unpaired) electrons. The molecule has 2 rings (SSSR count). The van der Waals surface area contributed by atoms with Gasteiger partial charge in [-0.25, -0.2) is 0 Å². The highest BCUT2D eigenvalue weighted by Crippen LogP contribution is 2.32. The molecule has 0 aromatic heterocycles. The Labute approximate surface area is 136 Å². The summed E-state index contributed by atoms with van der Waals surface area (Å²) in [5.74, 6) is 0.450. The van der Waals surface area contributed by atoms with E-state index in [0.29, 0.717) is 12.0 Å². The predicted molar refractivity (Wildman–Crippen MR) is 92.9 cm³/mol. The Kier molecular flexibility index (Phi) is 6.08. The van der Waals surface area contributed by atoms with Gasteiger partial charge in [-0.05, 0) is 62.9 Å². The molecule has 0 aliphatic carbocycles. The van der Waals surface area contributed by atoms with Crippen LogP contribution in [0.4, 0.5) is 5.69 Å². The van der Waals surface area contributed by atoms with Crippen molar-refractivity contribution < 1.29 is 5.11 Å². The van der Waals surface area contributed by atoms with Crippen molar-refractivity contribution in [2.24, 2.45) is 5.92 Å². The minimum absolute atomic E-state index is 0.183. The van der Waals surface area contributed by atoms with Crippen molar-refractivity contribution in [3.05, 3.63) is 28.2 Å². The van der Waals surface area contributed by atoms with Crippen molar-refractivity contribution in [1.82, 2.24) is 5.32 Å². The first kappa shape index (κ1) is 16.8. The summed E-state index contributed by atoms with van der Waals surface area (Å²) in [6.07, 6.45) is 1.96. The highest BCUT2D eigenvalue weighted by molar-refractivity contribution is 9.10. The molecule has 1 aliphatic rings. The van der Waals surface area contributed by atoms with E-state index in [9.17, 15) is 5.11 Å². The number of benzene rings is 1. The summed E-state index contributed by atoms with van der Waals surface area (Å²) in [6, 6.07) is 6.91. The van der Waals surface area contributed by atoms with E-state index in [2.05, 4.69) is 58.2 Å². The second kappa shape index (κ2) is 7.61. The summed E-state index contributed by atoms with van der Waals surface area (Å²) < 4.78 is 1.13. The van der Waals surface area contributed by atoms with Gasteiger partial charge in [-0.3, -0.25) is 0 Å². The standard InChI is InChI=1S/C17H27BrN2O/c1-4-19-12(2)16-11-15(18)5-6-17(16)20-9-7-14(8-10-20)13(3)21/h5-6,11-14,19,21H,4,7-10H2,1-3H3. The van der Waals surface area contributed by atoms with Gasteiger partial charge in [-0.2, -0.15) is 0 Å². The SMILES string of the molecule is CCNC(C)c1cc(Br)ccc1N1CCC(C(C)O)CC1. The van der Waals surface area contributed by atoms with E-state index in [1.807, 2.05) is 6.92 Å². The maximum atomic E-state index is 9.75. The monoisotopic (exact) mass is 354 g/mol. The summed E-state index contributed by atoms with van der Waals surface area (Å²) in [7, 11) is 0. The molecule has 1 aromatic rings. The molecule has 4 heteroatoms. The molecule has 1 aliphatic heterocycles. The zero-order chi connectivity index (χ0) is 15.4. The maximum Gasteiger partial charge on any atom is 0.0541 e. The lowest BCUT2D eigenvalue weighted by molar-refractivity contribution is 0.110. The summed E-state index contributed by atoms with van der Waals surface area (Å²) in [6.45, 7) is 9.31. The highest BCUT2D eigenvalue weighted by Gasteiger charge is 2.24. The minimum Gasteiger partial charge on any atom is -0.393 e. The second-order valence-corrected chi connectivity index (χ2v) is 6.96. The van der Waals surface area contributed by atoms with Gasteiger partial charge < -0.3 is 15.3 Å². The smallest absolute Gasteiger partial charge is 0.0541 e. The van der Waals surface area contributed by atoms with Gasteiger partial charge in [0, 0.05) is 29.3 Å². The molecule has 2 unspecified atom stereocenters. The molecule has 118 valence electrons. The summed E-state index contributed by atoms with van der Waals surface area (Å²) >= 11 is 3.59. The van der Waals surface area contributed by atoms with Crippen LogP contribution in [0.3, 0.4) is 0 Å². The van der Waals surface area contributed by atoms with Crippen molar-refractivity contribution in [3.63, 3.8) is 0 Å². The maximum absolute atomic E-state index is 9.75. The molecule has 1 heterocycles. The zero-order valence-corrected chi connectivity index (χ0v) is 14.9. The summed E-state index contributed by atoms with van der Waals surface area (Å²) in [5, 5.41) is 13.3. The van der Waals surface area contributed by atoms with Crippen LogP contribution in [0.15, 0.2) is 22.7 Å². The van der Waals surface area contributed by atoms with Crippen LogP contribution in [0.25, 0.3) is 0 Å². The van der Waals surface area contributed by atoms with Crippen LogP contribution < -0.4 is 10.2 Å². The third-order valence-corrected chi connectivity index (χ3v) is 5.02. The van der Waals surface area contributed by atoms with Crippen molar-refractivity contribution in [2.75, 3.05) is 24.5 Å². The van der Waals surface area contributed by atoms with Gasteiger partial charge in [-0.1, -0.05) is 22.9 Å². The van der Waals surface area contributed by atoms with Crippen LogP contribution in [-0.2, 0) is 0 Å². The van der Waals surface area contributed by atoms with E-state index in [4.69, 9.17) is 0 Å². The first-order valence-electron chi connectivity index (χ1n) is 7.98. The number of rotatable bonds is 5. The molecule has 0 spiro atoms. The Bertz CT molecular complexity index is 456. The van der Waals surface area contributed by atoms with E-state index >= 15 is 0 Å². The molecule has 1 aromatic carbocycles. The van der Waals surface area contributed by atoms with Gasteiger partial charge in [0.2, 0.25) is 0 Å². The number of aliphatic hydroxyl groups excluding tert-OH is 1. The van der Waals surface area contributed by atoms with Crippen molar-refractivity contribution in [2.45, 2.75) is 45.8 Å². The van der Waals surface area contributed by atoms with Crippen LogP contribution in [0.5, 0.6) is 0 Å². The lowest BCUT2D eigenvalue weighted by atomic mass is 9.91. The fourth-order valence-corrected chi connectivity index (χ4v) is 3.58. The normalized spacial score (nSPS) is 19.6. The molecule has 1 saturated heterocycles. The molecule has 21 heavy (non-hydrogen) atoms. The Morgan fingerprint density at radius 3 is 2.57 bits per heavy atom. The second-order valence-electron chi connectivity index (χ2n) is 6.05. The quantitative estimate of drug-likeness (QED) is 0.845. The molecule has 3 nitrogen and oxygen atoms in total. The van der Waals surface area contributed by atoms with E-state index in [1.54, 1.807) is 0 Å². The molecular formula is C17H27BrN2O. The van der Waals surface area contributed by atoms with Gasteiger partial charge in [0.25, 0.3) is 0 Å². The van der Waals surface area contributed by atoms with Crippen molar-refractivity contribution in [1.29, 1.82) is 0 Å². The number of nitrogens with one attached hydrogen (secondary N) is 1. The minimum atomic E-state index is -0.183. The lowest BCUT2D eigenvalue weighted by Gasteiger charge is -2.36. The van der Waals surface area contributed by atoms with Crippen LogP contribution in [0.1, 0.15) is 45.2 Å². The molecule has 0 bridgehead atoms. The molecule has 0 amide bonds. The summed E-state index contributed by atoms with van der Waals surface area (Å²) in [4.78, 5) is 2.47. The van der Waals surface area contributed by atoms with Gasteiger partial charge >= 0.3 is 0 Å². The summed E-state index contributed by atoms with van der Waals surface area (Å²) in [5.41, 5.74) is 2.68. The van der Waals surface area contributed by atoms with Crippen LogP contribution in [0, 0.1) is 5.92 Å². The Morgan fingerprint density at radius 2 is 2.00 bits per heavy atom. The molecule has 1 fully saturated rings. The van der Waals surface area contributed by atoms with E-state index in [-0.39, 0.29) is 6.10 Å². The largest absolute Gasteiger partial charge is 0.393 e. The molecule has 2 atom stereocenters. The van der Waals surface area contributed by atoms with E-state index in [0.717, 1.165) is 36.9 Å². The number of hydrogen-bond acceptors (Lipinski definition) is 3. The molecule has 0 saturated carbocycles. The van der Waals surface area contributed by atoms with Crippen LogP contribution in [0.2, 0.25) is 0 Å². The Balaban J connectivity index is 2.16. The Hall–Kier alpha value is -0.580. The number of anilines is 1. The average Bonchev–Trinajstić information content (AvgIpc) is 2.47. The highest BCUT2D eigenvalue weighted by atomic mass is 79.9. The third-order valence-electron chi connectivity index (χ3n) is 4.53. The van der Waals surface area contributed by atoms with Gasteiger partial charge in [0.05, 0.1) is 6.10 Å². The van der Waals surface area contributed by atoms with Crippen molar-refractivity contribution >= 4 is 21.6 Å².